The molecule has 1 saturated heterocycles. The number of carbonyl (C=O) groups excluding carboxylic acids is 1. The van der Waals surface area contributed by atoms with Crippen molar-refractivity contribution in [2.45, 2.75) is 19.3 Å². The zero-order chi connectivity index (χ0) is 23.3. The highest BCUT2D eigenvalue weighted by Crippen LogP contribution is 2.30. The van der Waals surface area contributed by atoms with Crippen LogP contribution in [0.2, 0.25) is 0 Å². The van der Waals surface area contributed by atoms with Gasteiger partial charge in [0.25, 0.3) is 5.91 Å². The van der Waals surface area contributed by atoms with Crippen LogP contribution in [0.4, 0.5) is 5.82 Å². The van der Waals surface area contributed by atoms with Crippen molar-refractivity contribution in [1.29, 1.82) is 0 Å². The smallest absolute Gasteiger partial charge is 0.267 e. The minimum Gasteiger partial charge on any atom is -0.367 e. The average Bonchev–Trinajstić information content (AvgIpc) is 3.35. The van der Waals surface area contributed by atoms with E-state index in [1.807, 2.05) is 59.4 Å². The molecular formula is C26H28N6O2. The van der Waals surface area contributed by atoms with Crippen molar-refractivity contribution in [3.8, 4) is 5.69 Å². The lowest BCUT2D eigenvalue weighted by Gasteiger charge is -2.26. The normalized spacial score (nSPS) is 14.7. The predicted octanol–water partition coefficient (Wildman–Crippen LogP) is 3.99. The molecular weight excluding hydrogens is 428 g/mol. The second-order valence-electron chi connectivity index (χ2n) is 8.55. The first-order valence-corrected chi connectivity index (χ1v) is 11.7. The summed E-state index contributed by atoms with van der Waals surface area (Å²) in [6.45, 7) is 4.12. The van der Waals surface area contributed by atoms with Gasteiger partial charge in [-0.25, -0.2) is 15.1 Å². The summed E-state index contributed by atoms with van der Waals surface area (Å²) >= 11 is 0. The average molecular weight is 457 g/mol. The number of pyridine rings is 1. The maximum absolute atomic E-state index is 11.4. The molecule has 1 aliphatic rings. The molecule has 3 N–H and O–H groups in total. The molecule has 3 heterocycles. The number of hydroxylamine groups is 1. The maximum atomic E-state index is 11.4. The van der Waals surface area contributed by atoms with E-state index in [1.165, 1.54) is 25.3 Å². The number of carbonyl (C=O) groups is 1. The quantitative estimate of drug-likeness (QED) is 0.221. The minimum absolute atomic E-state index is 0.575. The van der Waals surface area contributed by atoms with E-state index in [0.29, 0.717) is 0 Å². The lowest BCUT2D eigenvalue weighted by molar-refractivity contribution is -0.124. The molecule has 8 heteroatoms. The van der Waals surface area contributed by atoms with Gasteiger partial charge in [-0.05, 0) is 61.8 Å². The number of para-hydroxylation sites is 1. The summed E-state index contributed by atoms with van der Waals surface area (Å²) in [5.41, 5.74) is 5.08. The van der Waals surface area contributed by atoms with Crippen molar-refractivity contribution >= 4 is 39.6 Å². The van der Waals surface area contributed by atoms with Crippen LogP contribution in [0, 0.1) is 0 Å². The number of anilines is 1. The van der Waals surface area contributed by atoms with Gasteiger partial charge in [0, 0.05) is 36.1 Å². The first-order chi connectivity index (χ1) is 16.7. The van der Waals surface area contributed by atoms with E-state index >= 15 is 0 Å². The lowest BCUT2D eigenvalue weighted by atomic mass is 10.1. The van der Waals surface area contributed by atoms with Crippen molar-refractivity contribution in [1.82, 2.24) is 25.1 Å². The Morgan fingerprint density at radius 3 is 2.68 bits per heavy atom. The Hall–Kier alpha value is -3.75. The van der Waals surface area contributed by atoms with Gasteiger partial charge in [-0.1, -0.05) is 30.7 Å². The number of piperidine rings is 1. The number of amides is 1. The Bertz CT molecular complexity index is 1330. The van der Waals surface area contributed by atoms with Crippen molar-refractivity contribution in [3.63, 3.8) is 0 Å². The van der Waals surface area contributed by atoms with Crippen LogP contribution < -0.4 is 10.8 Å². The van der Waals surface area contributed by atoms with E-state index in [9.17, 15) is 4.79 Å². The van der Waals surface area contributed by atoms with Crippen LogP contribution >= 0.6 is 0 Å². The Morgan fingerprint density at radius 1 is 1.06 bits per heavy atom. The van der Waals surface area contributed by atoms with Gasteiger partial charge in [-0.2, -0.15) is 5.10 Å². The molecule has 0 spiro atoms. The molecule has 0 aliphatic carbocycles. The van der Waals surface area contributed by atoms with Crippen molar-refractivity contribution in [3.05, 3.63) is 66.4 Å². The van der Waals surface area contributed by atoms with Crippen LogP contribution in [0.3, 0.4) is 0 Å². The van der Waals surface area contributed by atoms with Gasteiger partial charge in [0.15, 0.2) is 5.82 Å². The number of aromatic nitrogens is 3. The molecule has 0 bridgehead atoms. The molecule has 174 valence electrons. The SMILES string of the molecule is O=C(/C=C/c1ccc2nc(NCCN3CCCCC3)c3nn(-c4ccccc4)cc3c2c1)NO. The molecule has 2 aromatic heterocycles. The molecule has 5 rings (SSSR count). The highest BCUT2D eigenvalue weighted by atomic mass is 16.5. The Morgan fingerprint density at radius 2 is 1.88 bits per heavy atom. The van der Waals surface area contributed by atoms with E-state index < -0.39 is 5.91 Å². The zero-order valence-corrected chi connectivity index (χ0v) is 18.9. The lowest BCUT2D eigenvalue weighted by Crippen LogP contribution is -2.33. The second kappa shape index (κ2) is 10.0. The predicted molar refractivity (Wildman–Crippen MR) is 134 cm³/mol. The van der Waals surface area contributed by atoms with Crippen LogP contribution in [0.25, 0.3) is 33.6 Å². The number of hydrogen-bond donors (Lipinski definition) is 3. The third-order valence-corrected chi connectivity index (χ3v) is 6.21. The summed E-state index contributed by atoms with van der Waals surface area (Å²) in [7, 11) is 0. The fourth-order valence-corrected chi connectivity index (χ4v) is 4.45. The monoisotopic (exact) mass is 456 g/mol. The Kier molecular flexibility index (Phi) is 6.51. The van der Waals surface area contributed by atoms with Gasteiger partial charge in [0.2, 0.25) is 0 Å². The Balaban J connectivity index is 1.53. The van der Waals surface area contributed by atoms with Gasteiger partial charge in [0.1, 0.15) is 5.52 Å². The molecule has 0 saturated carbocycles. The van der Waals surface area contributed by atoms with E-state index in [0.717, 1.165) is 65.1 Å². The van der Waals surface area contributed by atoms with E-state index in [2.05, 4.69) is 10.2 Å². The number of nitrogens with one attached hydrogen (secondary N) is 2. The van der Waals surface area contributed by atoms with Crippen LogP contribution in [-0.4, -0.2) is 57.0 Å². The van der Waals surface area contributed by atoms with Crippen LogP contribution in [0.1, 0.15) is 24.8 Å². The summed E-state index contributed by atoms with van der Waals surface area (Å²) in [5.74, 6) is 0.200. The summed E-state index contributed by atoms with van der Waals surface area (Å²) < 4.78 is 1.88. The molecule has 8 nitrogen and oxygen atoms in total. The first kappa shape index (κ1) is 22.1. The molecule has 1 amide bonds. The molecule has 1 aliphatic heterocycles. The molecule has 0 radical (unpaired) electrons. The number of benzene rings is 2. The van der Waals surface area contributed by atoms with Crippen molar-refractivity contribution in [2.75, 3.05) is 31.5 Å². The van der Waals surface area contributed by atoms with E-state index in [1.54, 1.807) is 11.6 Å². The second-order valence-corrected chi connectivity index (χ2v) is 8.55. The topological polar surface area (TPSA) is 95.3 Å². The van der Waals surface area contributed by atoms with Crippen LogP contribution in [-0.2, 0) is 4.79 Å². The molecule has 4 aromatic rings. The molecule has 0 unspecified atom stereocenters. The highest BCUT2D eigenvalue weighted by molar-refractivity contribution is 6.09. The molecule has 34 heavy (non-hydrogen) atoms. The number of fused-ring (bicyclic) bond motifs is 3. The largest absolute Gasteiger partial charge is 0.367 e. The first-order valence-electron chi connectivity index (χ1n) is 11.7. The third kappa shape index (κ3) is 4.78. The summed E-state index contributed by atoms with van der Waals surface area (Å²) in [4.78, 5) is 18.8. The standard InChI is InChI=1S/C26H28N6O2/c33-24(30-34)12-10-19-9-11-23-21(17-19)22-18-32(20-7-3-1-4-8-20)29-25(22)26(28-23)27-13-16-31-14-5-2-6-15-31/h1,3-4,7-12,17-18,34H,2,5-6,13-16H2,(H,27,28)(H,30,33)/b12-10+. The van der Waals surface area contributed by atoms with E-state index in [4.69, 9.17) is 15.3 Å². The van der Waals surface area contributed by atoms with E-state index in [-0.39, 0.29) is 0 Å². The van der Waals surface area contributed by atoms with Gasteiger partial charge < -0.3 is 10.2 Å². The molecule has 2 aromatic carbocycles. The van der Waals surface area contributed by atoms with Crippen molar-refractivity contribution in [2.24, 2.45) is 0 Å². The third-order valence-electron chi connectivity index (χ3n) is 6.21. The number of hydrogen-bond acceptors (Lipinski definition) is 6. The fourth-order valence-electron chi connectivity index (χ4n) is 4.45. The zero-order valence-electron chi connectivity index (χ0n) is 18.9. The summed E-state index contributed by atoms with van der Waals surface area (Å²) in [6, 6.07) is 15.8. The number of rotatable bonds is 7. The van der Waals surface area contributed by atoms with Gasteiger partial charge in [-0.3, -0.25) is 10.0 Å². The molecule has 1 fully saturated rings. The summed E-state index contributed by atoms with van der Waals surface area (Å²) in [6.07, 6.45) is 8.85. The van der Waals surface area contributed by atoms with Crippen LogP contribution in [0.15, 0.2) is 60.8 Å². The minimum atomic E-state index is -0.575. The molecule has 0 atom stereocenters. The van der Waals surface area contributed by atoms with Crippen LogP contribution in [0.5, 0.6) is 0 Å². The van der Waals surface area contributed by atoms with Gasteiger partial charge in [-0.15, -0.1) is 0 Å². The van der Waals surface area contributed by atoms with Gasteiger partial charge >= 0.3 is 0 Å². The fraction of sp³-hybridized carbons (Fsp3) is 0.269. The van der Waals surface area contributed by atoms with Gasteiger partial charge in [0.05, 0.1) is 11.2 Å². The number of nitrogens with zero attached hydrogens (tertiary/aromatic N) is 4. The highest BCUT2D eigenvalue weighted by Gasteiger charge is 2.15. The van der Waals surface area contributed by atoms with Crippen molar-refractivity contribution < 1.29 is 10.0 Å². The summed E-state index contributed by atoms with van der Waals surface area (Å²) in [5, 5.41) is 19.1. The number of likely N-dealkylation sites (tertiary alicyclic amines) is 1. The Labute approximate surface area is 197 Å². The maximum Gasteiger partial charge on any atom is 0.267 e.